The van der Waals surface area contributed by atoms with Crippen LogP contribution in [0.5, 0.6) is 5.88 Å². The molecule has 1 N–H and O–H groups in total. The minimum absolute atomic E-state index is 0.00701. The fraction of sp³-hybridized carbons (Fsp3) is 0.722. The number of fused-ring (bicyclic) bond motifs is 1. The van der Waals surface area contributed by atoms with Crippen LogP contribution >= 0.6 is 0 Å². The van der Waals surface area contributed by atoms with Gasteiger partial charge in [-0.05, 0) is 25.8 Å². The third-order valence-electron chi connectivity index (χ3n) is 5.19. The van der Waals surface area contributed by atoms with Gasteiger partial charge in [0.1, 0.15) is 6.61 Å². The van der Waals surface area contributed by atoms with Gasteiger partial charge in [-0.3, -0.25) is 0 Å². The van der Waals surface area contributed by atoms with Crippen molar-refractivity contribution in [2.45, 2.75) is 64.0 Å². The Morgan fingerprint density at radius 3 is 2.52 bits per heavy atom. The van der Waals surface area contributed by atoms with Crippen LogP contribution in [0.2, 0.25) is 0 Å². The molecule has 140 valence electrons. The van der Waals surface area contributed by atoms with Crippen molar-refractivity contribution in [3.8, 4) is 5.88 Å². The fourth-order valence-electron chi connectivity index (χ4n) is 3.84. The van der Waals surface area contributed by atoms with Gasteiger partial charge in [-0.1, -0.05) is 25.7 Å². The van der Waals surface area contributed by atoms with Crippen molar-refractivity contribution < 1.29 is 13.2 Å². The molecular weight excluding hydrogens is 338 g/mol. The van der Waals surface area contributed by atoms with E-state index in [1.807, 2.05) is 14.0 Å². The van der Waals surface area contributed by atoms with Gasteiger partial charge in [0.15, 0.2) is 9.84 Å². The van der Waals surface area contributed by atoms with Crippen LogP contribution in [-0.2, 0) is 16.9 Å². The highest BCUT2D eigenvalue weighted by Crippen LogP contribution is 2.30. The fourth-order valence-corrected chi connectivity index (χ4v) is 4.67. The van der Waals surface area contributed by atoms with Crippen LogP contribution in [0.1, 0.15) is 56.2 Å². The molecule has 0 aromatic carbocycles. The number of rotatable bonds is 3. The summed E-state index contributed by atoms with van der Waals surface area (Å²) >= 11 is 0. The minimum Gasteiger partial charge on any atom is -0.476 e. The van der Waals surface area contributed by atoms with E-state index in [-0.39, 0.29) is 6.04 Å². The van der Waals surface area contributed by atoms with Gasteiger partial charge in [0.25, 0.3) is 0 Å². The Labute approximate surface area is 150 Å². The van der Waals surface area contributed by atoms with E-state index in [4.69, 9.17) is 4.74 Å². The summed E-state index contributed by atoms with van der Waals surface area (Å²) < 4.78 is 32.3. The van der Waals surface area contributed by atoms with Crippen molar-refractivity contribution in [3.63, 3.8) is 0 Å². The maximum atomic E-state index is 12.3. The summed E-state index contributed by atoms with van der Waals surface area (Å²) in [4.78, 5) is 0.458. The molecule has 1 fully saturated rings. The van der Waals surface area contributed by atoms with E-state index in [2.05, 4.69) is 10.4 Å². The molecule has 0 bridgehead atoms. The zero-order chi connectivity index (χ0) is 18.0. The van der Waals surface area contributed by atoms with Crippen molar-refractivity contribution >= 4 is 15.9 Å². The van der Waals surface area contributed by atoms with Gasteiger partial charge in [0.05, 0.1) is 11.3 Å². The van der Waals surface area contributed by atoms with Crippen LogP contribution < -0.4 is 10.1 Å². The van der Waals surface area contributed by atoms with Gasteiger partial charge in [-0.2, -0.15) is 5.10 Å². The van der Waals surface area contributed by atoms with E-state index in [1.165, 1.54) is 31.9 Å². The number of hydrogen-bond donors (Lipinski definition) is 1. The lowest BCUT2D eigenvalue weighted by Gasteiger charge is -2.27. The molecule has 1 aromatic rings. The predicted molar refractivity (Wildman–Crippen MR) is 99.3 cm³/mol. The molecule has 6 nitrogen and oxygen atoms in total. The van der Waals surface area contributed by atoms with Crippen LogP contribution in [0.15, 0.2) is 4.91 Å². The Morgan fingerprint density at radius 2 is 1.88 bits per heavy atom. The SMILES string of the molecule is Cc1nn(C)c2c1/C=C(/S(C)(=O)=O)CC(NC1CCCCCC1)CO2. The molecule has 0 saturated heterocycles. The van der Waals surface area contributed by atoms with E-state index in [0.29, 0.717) is 29.9 Å². The molecule has 25 heavy (non-hydrogen) atoms. The second kappa shape index (κ2) is 7.50. The standard InChI is InChI=1S/C18H29N3O3S/c1-13-17-11-16(25(3,22)23)10-15(12-24-18(17)21(2)20-13)19-14-8-6-4-5-7-9-14/h11,14-15,19H,4-10,12H2,1-3H3/b16-11+. The molecule has 0 radical (unpaired) electrons. The third-order valence-corrected chi connectivity index (χ3v) is 6.43. The highest BCUT2D eigenvalue weighted by molar-refractivity contribution is 7.94. The van der Waals surface area contributed by atoms with E-state index in [1.54, 1.807) is 10.8 Å². The highest BCUT2D eigenvalue weighted by Gasteiger charge is 2.27. The van der Waals surface area contributed by atoms with E-state index in [9.17, 15) is 8.42 Å². The topological polar surface area (TPSA) is 73.2 Å². The van der Waals surface area contributed by atoms with E-state index >= 15 is 0 Å². The van der Waals surface area contributed by atoms with E-state index < -0.39 is 9.84 Å². The molecule has 3 rings (SSSR count). The van der Waals surface area contributed by atoms with Crippen LogP contribution in [0, 0.1) is 6.92 Å². The lowest BCUT2D eigenvalue weighted by Crippen LogP contribution is -2.42. The Bertz CT molecular complexity index is 744. The number of aryl methyl sites for hydroxylation is 2. The first-order valence-electron chi connectivity index (χ1n) is 9.17. The maximum absolute atomic E-state index is 12.3. The number of sulfone groups is 1. The van der Waals surface area contributed by atoms with Crippen LogP contribution in [0.3, 0.4) is 0 Å². The molecule has 1 atom stereocenters. The van der Waals surface area contributed by atoms with Crippen LogP contribution in [0.4, 0.5) is 0 Å². The summed E-state index contributed by atoms with van der Waals surface area (Å²) in [5, 5.41) is 8.04. The molecule has 0 spiro atoms. The minimum atomic E-state index is -3.27. The molecular formula is C18H29N3O3S. The Balaban J connectivity index is 1.86. The largest absolute Gasteiger partial charge is 0.476 e. The average molecular weight is 368 g/mol. The molecule has 2 aliphatic rings. The van der Waals surface area contributed by atoms with Crippen molar-refractivity contribution in [2.24, 2.45) is 7.05 Å². The monoisotopic (exact) mass is 367 g/mol. The van der Waals surface area contributed by atoms with E-state index in [0.717, 1.165) is 24.1 Å². The normalized spacial score (nSPS) is 25.1. The van der Waals surface area contributed by atoms with Gasteiger partial charge in [0, 0.05) is 36.7 Å². The lowest BCUT2D eigenvalue weighted by molar-refractivity contribution is 0.228. The Kier molecular flexibility index (Phi) is 5.53. The number of nitrogens with zero attached hydrogens (tertiary/aromatic N) is 2. The van der Waals surface area contributed by atoms with Crippen molar-refractivity contribution in [1.82, 2.24) is 15.1 Å². The van der Waals surface area contributed by atoms with Crippen LogP contribution in [-0.4, -0.2) is 43.1 Å². The van der Waals surface area contributed by atoms with Crippen molar-refractivity contribution in [3.05, 3.63) is 16.2 Å². The number of ether oxygens (including phenoxy) is 1. The summed E-state index contributed by atoms with van der Waals surface area (Å²) in [5.41, 5.74) is 1.56. The smallest absolute Gasteiger partial charge is 0.219 e. The van der Waals surface area contributed by atoms with Gasteiger partial charge in [-0.15, -0.1) is 0 Å². The summed E-state index contributed by atoms with van der Waals surface area (Å²) in [6, 6.07) is 0.441. The zero-order valence-corrected chi connectivity index (χ0v) is 16.2. The molecule has 7 heteroatoms. The maximum Gasteiger partial charge on any atom is 0.219 e. The molecule has 1 aromatic heterocycles. The predicted octanol–water partition coefficient (Wildman–Crippen LogP) is 2.58. The summed E-state index contributed by atoms with van der Waals surface area (Å²) in [6.07, 6.45) is 10.9. The average Bonchev–Trinajstić information content (AvgIpc) is 2.69. The molecule has 0 amide bonds. The molecule has 1 unspecified atom stereocenters. The number of aromatic nitrogens is 2. The first-order chi connectivity index (χ1) is 11.8. The highest BCUT2D eigenvalue weighted by atomic mass is 32.2. The Hall–Kier alpha value is -1.34. The molecule has 1 aliphatic carbocycles. The molecule has 1 saturated carbocycles. The molecule has 1 aliphatic heterocycles. The van der Waals surface area contributed by atoms with Gasteiger partial charge < -0.3 is 10.1 Å². The van der Waals surface area contributed by atoms with Gasteiger partial charge in [-0.25, -0.2) is 13.1 Å². The zero-order valence-electron chi connectivity index (χ0n) is 15.4. The van der Waals surface area contributed by atoms with Crippen LogP contribution in [0.25, 0.3) is 6.08 Å². The number of hydrogen-bond acceptors (Lipinski definition) is 5. The van der Waals surface area contributed by atoms with Crippen molar-refractivity contribution in [1.29, 1.82) is 0 Å². The summed E-state index contributed by atoms with van der Waals surface area (Å²) in [7, 11) is -1.44. The summed E-state index contributed by atoms with van der Waals surface area (Å²) in [5.74, 6) is 0.644. The first-order valence-corrected chi connectivity index (χ1v) is 11.1. The second-order valence-electron chi connectivity index (χ2n) is 7.38. The van der Waals surface area contributed by atoms with Gasteiger partial charge in [0.2, 0.25) is 5.88 Å². The quantitative estimate of drug-likeness (QED) is 0.831. The van der Waals surface area contributed by atoms with Gasteiger partial charge >= 0.3 is 0 Å². The van der Waals surface area contributed by atoms with Crippen molar-refractivity contribution in [2.75, 3.05) is 12.9 Å². The second-order valence-corrected chi connectivity index (χ2v) is 9.45. The third kappa shape index (κ3) is 4.44. The first kappa shape index (κ1) is 18.5. The lowest BCUT2D eigenvalue weighted by atomic mass is 10.1. The molecule has 2 heterocycles. The number of nitrogens with one attached hydrogen (secondary N) is 1. The Morgan fingerprint density at radius 1 is 1.20 bits per heavy atom. The summed E-state index contributed by atoms with van der Waals surface area (Å²) in [6.45, 7) is 2.33.